The molecule has 5 heteroatoms. The summed E-state index contributed by atoms with van der Waals surface area (Å²) in [5.74, 6) is 0.925. The molecule has 0 atom stereocenters. The quantitative estimate of drug-likeness (QED) is 0.769. The van der Waals surface area contributed by atoms with Crippen LogP contribution in [-0.2, 0) is 4.79 Å². The molecule has 0 radical (unpaired) electrons. The minimum atomic E-state index is -0.148. The molecule has 0 aliphatic carbocycles. The molecule has 2 rings (SSSR count). The monoisotopic (exact) mass is 220 g/mol. The van der Waals surface area contributed by atoms with Gasteiger partial charge in [0.1, 0.15) is 5.75 Å². The third-order valence-corrected chi connectivity index (χ3v) is 2.75. The van der Waals surface area contributed by atoms with Gasteiger partial charge in [-0.2, -0.15) is 5.26 Å². The van der Waals surface area contributed by atoms with E-state index < -0.39 is 0 Å². The summed E-state index contributed by atoms with van der Waals surface area (Å²) in [6.07, 6.45) is 0. The van der Waals surface area contributed by atoms with Gasteiger partial charge in [-0.1, -0.05) is 0 Å². The maximum absolute atomic E-state index is 11.1. The maximum Gasteiger partial charge on any atom is 0.262 e. The Kier molecular flexibility index (Phi) is 2.79. The van der Waals surface area contributed by atoms with Gasteiger partial charge >= 0.3 is 0 Å². The molecule has 1 aliphatic rings. The van der Waals surface area contributed by atoms with E-state index in [0.717, 1.165) is 4.90 Å². The predicted molar refractivity (Wildman–Crippen MR) is 56.9 cm³/mol. The summed E-state index contributed by atoms with van der Waals surface area (Å²) >= 11 is 1.43. The molecule has 1 aliphatic heterocycles. The van der Waals surface area contributed by atoms with Crippen LogP contribution in [0.5, 0.6) is 5.75 Å². The van der Waals surface area contributed by atoms with Crippen LogP contribution in [0.25, 0.3) is 0 Å². The number of anilines is 1. The van der Waals surface area contributed by atoms with Gasteiger partial charge in [0.2, 0.25) is 0 Å². The van der Waals surface area contributed by atoms with Crippen molar-refractivity contribution >= 4 is 23.4 Å². The number of ether oxygens (including phenoxy) is 1. The van der Waals surface area contributed by atoms with Crippen molar-refractivity contribution in [1.82, 2.24) is 0 Å². The first-order valence-electron chi connectivity index (χ1n) is 4.36. The van der Waals surface area contributed by atoms with Gasteiger partial charge in [-0.3, -0.25) is 4.79 Å². The van der Waals surface area contributed by atoms with E-state index in [9.17, 15) is 4.79 Å². The van der Waals surface area contributed by atoms with Gasteiger partial charge in [-0.05, 0) is 18.2 Å². The lowest BCUT2D eigenvalue weighted by molar-refractivity contribution is -0.118. The third kappa shape index (κ3) is 2.22. The van der Waals surface area contributed by atoms with Crippen LogP contribution in [-0.4, -0.2) is 18.3 Å². The minimum Gasteiger partial charge on any atom is -0.482 e. The molecule has 1 aromatic rings. The molecular formula is C10H8N2O2S. The number of hydrogen-bond acceptors (Lipinski definition) is 4. The molecule has 1 N–H and O–H groups in total. The van der Waals surface area contributed by atoms with E-state index in [4.69, 9.17) is 10.00 Å². The number of amides is 1. The van der Waals surface area contributed by atoms with E-state index >= 15 is 0 Å². The molecule has 1 heterocycles. The number of rotatable bonds is 2. The molecule has 1 amide bonds. The Bertz CT molecular complexity index is 440. The number of benzene rings is 1. The van der Waals surface area contributed by atoms with E-state index in [2.05, 4.69) is 5.32 Å². The first-order valence-corrected chi connectivity index (χ1v) is 5.34. The molecule has 1 aromatic carbocycles. The number of nitrogens with zero attached hydrogens (tertiary/aromatic N) is 1. The molecule has 4 nitrogen and oxygen atoms in total. The Morgan fingerprint density at radius 1 is 1.60 bits per heavy atom. The SMILES string of the molecule is N#CCSc1ccc2c(c1)NC(=O)CO2. The Morgan fingerprint density at radius 3 is 3.27 bits per heavy atom. The minimum absolute atomic E-state index is 0.0671. The second kappa shape index (κ2) is 4.24. The second-order valence-electron chi connectivity index (χ2n) is 2.94. The van der Waals surface area contributed by atoms with Crippen molar-refractivity contribution < 1.29 is 9.53 Å². The number of hydrogen-bond donors (Lipinski definition) is 1. The van der Waals surface area contributed by atoms with Crippen molar-refractivity contribution in [3.8, 4) is 11.8 Å². The van der Waals surface area contributed by atoms with Gasteiger partial charge in [-0.25, -0.2) is 0 Å². The molecule has 76 valence electrons. The molecule has 0 spiro atoms. The van der Waals surface area contributed by atoms with Crippen molar-refractivity contribution in [2.75, 3.05) is 17.7 Å². The van der Waals surface area contributed by atoms with E-state index in [1.807, 2.05) is 18.2 Å². The van der Waals surface area contributed by atoms with Crippen LogP contribution < -0.4 is 10.1 Å². The first-order chi connectivity index (χ1) is 7.29. The zero-order valence-corrected chi connectivity index (χ0v) is 8.63. The third-order valence-electron chi connectivity index (χ3n) is 1.89. The van der Waals surface area contributed by atoms with Crippen molar-refractivity contribution in [3.63, 3.8) is 0 Å². The Balaban J connectivity index is 2.21. The highest BCUT2D eigenvalue weighted by atomic mass is 32.2. The summed E-state index contributed by atoms with van der Waals surface area (Å²) in [7, 11) is 0. The zero-order chi connectivity index (χ0) is 10.7. The number of fused-ring (bicyclic) bond motifs is 1. The number of nitriles is 1. The van der Waals surface area contributed by atoms with Gasteiger partial charge < -0.3 is 10.1 Å². The zero-order valence-electron chi connectivity index (χ0n) is 7.82. The van der Waals surface area contributed by atoms with Crippen LogP contribution in [0.4, 0.5) is 5.69 Å². The first kappa shape index (κ1) is 9.87. The fourth-order valence-electron chi connectivity index (χ4n) is 1.27. The fourth-order valence-corrected chi connectivity index (χ4v) is 1.86. The molecule has 0 unspecified atom stereocenters. The predicted octanol–water partition coefficient (Wildman–Crippen LogP) is 1.63. The molecule has 0 saturated heterocycles. The molecule has 0 fully saturated rings. The Morgan fingerprint density at radius 2 is 2.47 bits per heavy atom. The Labute approximate surface area is 91.2 Å². The lowest BCUT2D eigenvalue weighted by Crippen LogP contribution is -2.25. The Hall–Kier alpha value is -1.67. The maximum atomic E-state index is 11.1. The van der Waals surface area contributed by atoms with Crippen LogP contribution in [0.2, 0.25) is 0 Å². The standard InChI is InChI=1S/C10H8N2O2S/c11-3-4-15-7-1-2-9-8(5-7)12-10(13)6-14-9/h1-2,5H,4,6H2,(H,12,13). The summed E-state index contributed by atoms with van der Waals surface area (Å²) in [6, 6.07) is 7.54. The van der Waals surface area contributed by atoms with Gasteiger partial charge in [0.05, 0.1) is 17.5 Å². The number of nitrogens with one attached hydrogen (secondary N) is 1. The molecule has 0 bridgehead atoms. The largest absolute Gasteiger partial charge is 0.482 e. The highest BCUT2D eigenvalue weighted by Gasteiger charge is 2.15. The van der Waals surface area contributed by atoms with E-state index in [1.165, 1.54) is 11.8 Å². The van der Waals surface area contributed by atoms with E-state index in [0.29, 0.717) is 17.2 Å². The average molecular weight is 220 g/mol. The van der Waals surface area contributed by atoms with E-state index in [-0.39, 0.29) is 12.5 Å². The smallest absolute Gasteiger partial charge is 0.262 e. The van der Waals surface area contributed by atoms with Crippen molar-refractivity contribution in [1.29, 1.82) is 5.26 Å². The highest BCUT2D eigenvalue weighted by molar-refractivity contribution is 7.99. The van der Waals surface area contributed by atoms with Crippen LogP contribution in [0.3, 0.4) is 0 Å². The summed E-state index contributed by atoms with van der Waals surface area (Å²) in [4.78, 5) is 12.0. The summed E-state index contributed by atoms with van der Waals surface area (Å²) in [6.45, 7) is 0.0671. The molecule has 0 saturated carbocycles. The summed E-state index contributed by atoms with van der Waals surface area (Å²) < 4.78 is 5.21. The summed E-state index contributed by atoms with van der Waals surface area (Å²) in [5.41, 5.74) is 0.675. The summed E-state index contributed by atoms with van der Waals surface area (Å²) in [5, 5.41) is 11.2. The van der Waals surface area contributed by atoms with Gasteiger partial charge in [0.25, 0.3) is 5.91 Å². The van der Waals surface area contributed by atoms with Gasteiger partial charge in [0, 0.05) is 4.90 Å². The second-order valence-corrected chi connectivity index (χ2v) is 3.99. The van der Waals surface area contributed by atoms with Crippen molar-refractivity contribution in [3.05, 3.63) is 18.2 Å². The normalized spacial score (nSPS) is 13.4. The molecule has 15 heavy (non-hydrogen) atoms. The van der Waals surface area contributed by atoms with E-state index in [1.54, 1.807) is 6.07 Å². The fraction of sp³-hybridized carbons (Fsp3) is 0.200. The number of thioether (sulfide) groups is 1. The number of carbonyl (C=O) groups is 1. The van der Waals surface area contributed by atoms with Gasteiger partial charge in [-0.15, -0.1) is 11.8 Å². The van der Waals surface area contributed by atoms with Crippen LogP contribution in [0.15, 0.2) is 23.1 Å². The lowest BCUT2D eigenvalue weighted by Gasteiger charge is -2.18. The van der Waals surface area contributed by atoms with Crippen molar-refractivity contribution in [2.24, 2.45) is 0 Å². The lowest BCUT2D eigenvalue weighted by atomic mass is 10.2. The van der Waals surface area contributed by atoms with Crippen LogP contribution in [0.1, 0.15) is 0 Å². The van der Waals surface area contributed by atoms with Crippen LogP contribution in [0, 0.1) is 11.3 Å². The average Bonchev–Trinajstić information content (AvgIpc) is 2.25. The topological polar surface area (TPSA) is 62.1 Å². The van der Waals surface area contributed by atoms with Gasteiger partial charge in [0.15, 0.2) is 6.61 Å². The highest BCUT2D eigenvalue weighted by Crippen LogP contribution is 2.31. The van der Waals surface area contributed by atoms with Crippen LogP contribution >= 0.6 is 11.8 Å². The molecule has 0 aromatic heterocycles. The van der Waals surface area contributed by atoms with Crippen molar-refractivity contribution in [2.45, 2.75) is 4.90 Å². The number of carbonyl (C=O) groups excluding carboxylic acids is 1. The molecular weight excluding hydrogens is 212 g/mol.